The molecule has 1 aromatic heterocycles. The van der Waals surface area contributed by atoms with Crippen molar-refractivity contribution in [1.29, 1.82) is 0 Å². The maximum atomic E-state index is 12.7. The van der Waals surface area contributed by atoms with E-state index in [2.05, 4.69) is 6.07 Å². The van der Waals surface area contributed by atoms with E-state index in [0.717, 1.165) is 42.1 Å². The molecular weight excluding hydrogens is 332 g/mol. The van der Waals surface area contributed by atoms with Crippen LogP contribution in [0.4, 0.5) is 0 Å². The smallest absolute Gasteiger partial charge is 0.261 e. The SMILES string of the molecule is O=C(COc1ccccc1)N1CCCCC1c1nc2ccccc2s1. The second kappa shape index (κ2) is 7.23. The van der Waals surface area contributed by atoms with Gasteiger partial charge in [-0.3, -0.25) is 4.79 Å². The maximum Gasteiger partial charge on any atom is 0.261 e. The molecule has 1 aliphatic heterocycles. The molecule has 2 heterocycles. The van der Waals surface area contributed by atoms with Crippen molar-refractivity contribution in [2.24, 2.45) is 0 Å². The molecule has 5 heteroatoms. The van der Waals surface area contributed by atoms with Crippen molar-refractivity contribution in [2.75, 3.05) is 13.2 Å². The van der Waals surface area contributed by atoms with Crippen LogP contribution >= 0.6 is 11.3 Å². The van der Waals surface area contributed by atoms with Crippen LogP contribution in [0.5, 0.6) is 5.75 Å². The van der Waals surface area contributed by atoms with Crippen molar-refractivity contribution in [3.63, 3.8) is 0 Å². The molecule has 0 spiro atoms. The number of carbonyl (C=O) groups is 1. The Morgan fingerprint density at radius 1 is 1.12 bits per heavy atom. The third kappa shape index (κ3) is 3.51. The average molecular weight is 352 g/mol. The van der Waals surface area contributed by atoms with Gasteiger partial charge >= 0.3 is 0 Å². The van der Waals surface area contributed by atoms with Gasteiger partial charge in [0.15, 0.2) is 6.61 Å². The van der Waals surface area contributed by atoms with E-state index in [1.807, 2.05) is 53.4 Å². The molecule has 1 aliphatic rings. The quantitative estimate of drug-likeness (QED) is 0.698. The maximum absolute atomic E-state index is 12.7. The Balaban J connectivity index is 1.51. The highest BCUT2D eigenvalue weighted by atomic mass is 32.1. The van der Waals surface area contributed by atoms with Crippen molar-refractivity contribution in [3.05, 3.63) is 59.6 Å². The molecule has 1 amide bonds. The topological polar surface area (TPSA) is 42.4 Å². The fourth-order valence-corrected chi connectivity index (χ4v) is 4.38. The number of rotatable bonds is 4. The van der Waals surface area contributed by atoms with Gasteiger partial charge < -0.3 is 9.64 Å². The second-order valence-corrected chi connectivity index (χ2v) is 7.28. The summed E-state index contributed by atoms with van der Waals surface area (Å²) < 4.78 is 6.83. The van der Waals surface area contributed by atoms with Crippen LogP contribution in [0.15, 0.2) is 54.6 Å². The van der Waals surface area contributed by atoms with Crippen molar-refractivity contribution in [1.82, 2.24) is 9.88 Å². The molecule has 2 aromatic carbocycles. The van der Waals surface area contributed by atoms with Crippen LogP contribution < -0.4 is 4.74 Å². The molecule has 4 nitrogen and oxygen atoms in total. The van der Waals surface area contributed by atoms with Crippen LogP contribution in [-0.2, 0) is 4.79 Å². The van der Waals surface area contributed by atoms with E-state index in [4.69, 9.17) is 9.72 Å². The van der Waals surface area contributed by atoms with Gasteiger partial charge in [-0.05, 0) is 43.5 Å². The normalized spacial score (nSPS) is 17.6. The summed E-state index contributed by atoms with van der Waals surface area (Å²) in [6.45, 7) is 0.850. The Kier molecular flexibility index (Phi) is 4.65. The fraction of sp³-hybridized carbons (Fsp3) is 0.300. The predicted molar refractivity (Wildman–Crippen MR) is 99.9 cm³/mol. The van der Waals surface area contributed by atoms with Crippen molar-refractivity contribution in [2.45, 2.75) is 25.3 Å². The van der Waals surface area contributed by atoms with Gasteiger partial charge in [0, 0.05) is 6.54 Å². The zero-order valence-corrected chi connectivity index (χ0v) is 14.7. The number of carbonyl (C=O) groups excluding carboxylic acids is 1. The number of fused-ring (bicyclic) bond motifs is 1. The first-order valence-corrected chi connectivity index (χ1v) is 9.46. The third-order valence-corrected chi connectivity index (χ3v) is 5.66. The van der Waals surface area contributed by atoms with Crippen LogP contribution in [0.25, 0.3) is 10.2 Å². The molecule has 1 fully saturated rings. The molecule has 3 aromatic rings. The van der Waals surface area contributed by atoms with Gasteiger partial charge in [-0.15, -0.1) is 11.3 Å². The van der Waals surface area contributed by atoms with Gasteiger partial charge in [-0.25, -0.2) is 4.98 Å². The summed E-state index contributed by atoms with van der Waals surface area (Å²) in [7, 11) is 0. The van der Waals surface area contributed by atoms with Crippen LogP contribution in [0, 0.1) is 0 Å². The molecule has 1 saturated heterocycles. The number of nitrogens with zero attached hydrogens (tertiary/aromatic N) is 2. The number of piperidine rings is 1. The highest BCUT2D eigenvalue weighted by Crippen LogP contribution is 2.35. The Hall–Kier alpha value is -2.40. The summed E-state index contributed by atoms with van der Waals surface area (Å²) >= 11 is 1.69. The van der Waals surface area contributed by atoms with E-state index in [0.29, 0.717) is 0 Å². The van der Waals surface area contributed by atoms with Gasteiger partial charge in [0.2, 0.25) is 0 Å². The van der Waals surface area contributed by atoms with Crippen molar-refractivity contribution >= 4 is 27.5 Å². The monoisotopic (exact) mass is 352 g/mol. The van der Waals surface area contributed by atoms with Gasteiger partial charge in [0.1, 0.15) is 10.8 Å². The van der Waals surface area contributed by atoms with Gasteiger partial charge in [-0.1, -0.05) is 30.3 Å². The minimum Gasteiger partial charge on any atom is -0.484 e. The molecule has 0 N–H and O–H groups in total. The second-order valence-electron chi connectivity index (χ2n) is 6.22. The van der Waals surface area contributed by atoms with E-state index in [9.17, 15) is 4.79 Å². The Bertz CT molecular complexity index is 829. The number of thiazole rings is 1. The van der Waals surface area contributed by atoms with Crippen LogP contribution in [0.3, 0.4) is 0 Å². The van der Waals surface area contributed by atoms with E-state index >= 15 is 0 Å². The van der Waals surface area contributed by atoms with E-state index in [1.54, 1.807) is 11.3 Å². The van der Waals surface area contributed by atoms with Crippen molar-refractivity contribution in [3.8, 4) is 5.75 Å². The van der Waals surface area contributed by atoms with E-state index < -0.39 is 0 Å². The van der Waals surface area contributed by atoms with Gasteiger partial charge in [0.05, 0.1) is 16.3 Å². The number of aromatic nitrogens is 1. The summed E-state index contributed by atoms with van der Waals surface area (Å²) in [6.07, 6.45) is 3.14. The summed E-state index contributed by atoms with van der Waals surface area (Å²) in [6, 6.07) is 17.7. The number of likely N-dealkylation sites (tertiary alicyclic amines) is 1. The summed E-state index contributed by atoms with van der Waals surface area (Å²) in [5, 5.41) is 1.04. The number of para-hydroxylation sites is 2. The van der Waals surface area contributed by atoms with Crippen LogP contribution in [-0.4, -0.2) is 28.9 Å². The molecule has 4 rings (SSSR count). The first kappa shape index (κ1) is 16.1. The first-order valence-electron chi connectivity index (χ1n) is 8.64. The Morgan fingerprint density at radius 3 is 2.76 bits per heavy atom. The zero-order valence-electron chi connectivity index (χ0n) is 13.9. The van der Waals surface area contributed by atoms with E-state index in [1.165, 1.54) is 4.70 Å². The molecular formula is C20H20N2O2S. The third-order valence-electron chi connectivity index (χ3n) is 4.52. The van der Waals surface area contributed by atoms with Crippen LogP contribution in [0.2, 0.25) is 0 Å². The van der Waals surface area contributed by atoms with E-state index in [-0.39, 0.29) is 18.6 Å². The number of hydrogen-bond donors (Lipinski definition) is 0. The number of amides is 1. The van der Waals surface area contributed by atoms with Gasteiger partial charge in [-0.2, -0.15) is 0 Å². The number of ether oxygens (including phenoxy) is 1. The lowest BCUT2D eigenvalue weighted by atomic mass is 10.0. The molecule has 128 valence electrons. The fourth-order valence-electron chi connectivity index (χ4n) is 3.26. The minimum atomic E-state index is 0.0350. The molecule has 1 atom stereocenters. The summed E-state index contributed by atoms with van der Waals surface area (Å²) in [5.74, 6) is 0.761. The molecule has 1 unspecified atom stereocenters. The van der Waals surface area contributed by atoms with Crippen LogP contribution in [0.1, 0.15) is 30.3 Å². The lowest BCUT2D eigenvalue weighted by Gasteiger charge is -2.34. The summed E-state index contributed by atoms with van der Waals surface area (Å²) in [5.41, 5.74) is 1.01. The zero-order chi connectivity index (χ0) is 17.1. The lowest BCUT2D eigenvalue weighted by Crippen LogP contribution is -2.41. The minimum absolute atomic E-state index is 0.0350. The Morgan fingerprint density at radius 2 is 1.92 bits per heavy atom. The highest BCUT2D eigenvalue weighted by Gasteiger charge is 2.30. The molecule has 0 aliphatic carbocycles. The summed E-state index contributed by atoms with van der Waals surface area (Å²) in [4.78, 5) is 19.5. The molecule has 0 bridgehead atoms. The lowest BCUT2D eigenvalue weighted by molar-refractivity contribution is -0.137. The van der Waals surface area contributed by atoms with Gasteiger partial charge in [0.25, 0.3) is 5.91 Å². The first-order chi connectivity index (χ1) is 12.3. The molecule has 25 heavy (non-hydrogen) atoms. The standard InChI is InChI=1S/C20H20N2O2S/c23-19(14-24-15-8-2-1-3-9-15)22-13-7-6-11-17(22)20-21-16-10-4-5-12-18(16)25-20/h1-5,8-10,12,17H,6-7,11,13-14H2. The molecule has 0 radical (unpaired) electrons. The average Bonchev–Trinajstić information content (AvgIpc) is 3.11. The number of benzene rings is 2. The largest absolute Gasteiger partial charge is 0.484 e. The Labute approximate surface area is 151 Å². The van der Waals surface area contributed by atoms with Crippen molar-refractivity contribution < 1.29 is 9.53 Å². The molecule has 0 saturated carbocycles. The number of hydrogen-bond acceptors (Lipinski definition) is 4. The predicted octanol–water partition coefficient (Wildman–Crippen LogP) is 4.43. The highest BCUT2D eigenvalue weighted by molar-refractivity contribution is 7.18.